The molecule has 3 heterocycles. The number of halogens is 1. The van der Waals surface area contributed by atoms with Gasteiger partial charge in [0.25, 0.3) is 5.79 Å². The quantitative estimate of drug-likeness (QED) is 0.721. The molecule has 0 saturated carbocycles. The number of nitrogens with two attached hydrogens (primary N) is 1. The SMILES string of the molecule is N#CN1c2ccccc2C23C=NC=NC12N=C(N)N=C3Cl. The maximum absolute atomic E-state index is 9.62. The molecule has 3 aliphatic heterocycles. The highest BCUT2D eigenvalue weighted by atomic mass is 35.5. The van der Waals surface area contributed by atoms with Crippen LogP contribution < -0.4 is 10.6 Å². The molecule has 3 aliphatic rings. The number of nitriles is 1. The molecule has 0 radical (unpaired) electrons. The summed E-state index contributed by atoms with van der Waals surface area (Å²) in [7, 11) is 0. The van der Waals surface area contributed by atoms with E-state index in [2.05, 4.69) is 26.2 Å². The van der Waals surface area contributed by atoms with Crippen molar-refractivity contribution in [1.29, 1.82) is 5.26 Å². The van der Waals surface area contributed by atoms with Crippen molar-refractivity contribution in [2.75, 3.05) is 4.90 Å². The summed E-state index contributed by atoms with van der Waals surface area (Å²) in [5.74, 6) is -1.34. The lowest BCUT2D eigenvalue weighted by molar-refractivity contribution is 0.407. The predicted octanol–water partition coefficient (Wildman–Crippen LogP) is 0.958. The van der Waals surface area contributed by atoms with Crippen LogP contribution in [-0.2, 0) is 5.41 Å². The van der Waals surface area contributed by atoms with E-state index in [4.69, 9.17) is 17.3 Å². The average molecular weight is 298 g/mol. The fourth-order valence-electron chi connectivity index (χ4n) is 3.07. The van der Waals surface area contributed by atoms with Crippen molar-refractivity contribution >= 4 is 41.0 Å². The van der Waals surface area contributed by atoms with Gasteiger partial charge >= 0.3 is 0 Å². The maximum atomic E-state index is 9.62. The minimum absolute atomic E-state index is 0.0175. The minimum Gasteiger partial charge on any atom is -0.368 e. The molecule has 1 aromatic rings. The van der Waals surface area contributed by atoms with E-state index in [-0.39, 0.29) is 11.1 Å². The van der Waals surface area contributed by atoms with E-state index >= 15 is 0 Å². The molecule has 0 saturated heterocycles. The van der Waals surface area contributed by atoms with Gasteiger partial charge in [-0.25, -0.2) is 19.9 Å². The lowest BCUT2D eigenvalue weighted by Gasteiger charge is -2.41. The van der Waals surface area contributed by atoms with Gasteiger partial charge in [0.05, 0.1) is 5.69 Å². The average Bonchev–Trinajstić information content (AvgIpc) is 2.74. The van der Waals surface area contributed by atoms with Gasteiger partial charge < -0.3 is 5.73 Å². The van der Waals surface area contributed by atoms with Crippen molar-refractivity contribution in [3.05, 3.63) is 29.8 Å². The summed E-state index contributed by atoms with van der Waals surface area (Å²) in [5, 5.41) is 9.81. The number of para-hydroxylation sites is 1. The third-order valence-corrected chi connectivity index (χ3v) is 4.27. The molecule has 0 fully saturated rings. The van der Waals surface area contributed by atoms with E-state index in [0.717, 1.165) is 5.56 Å². The molecular formula is C13H8ClN7. The summed E-state index contributed by atoms with van der Waals surface area (Å²) in [6.45, 7) is 0. The Balaban J connectivity index is 2.17. The fourth-order valence-corrected chi connectivity index (χ4v) is 3.43. The normalized spacial score (nSPS) is 31.7. The molecule has 7 nitrogen and oxygen atoms in total. The number of nitrogens with zero attached hydrogens (tertiary/aromatic N) is 6. The van der Waals surface area contributed by atoms with Gasteiger partial charge in [0, 0.05) is 11.8 Å². The number of benzene rings is 1. The monoisotopic (exact) mass is 297 g/mol. The largest absolute Gasteiger partial charge is 0.368 e. The second kappa shape index (κ2) is 3.68. The van der Waals surface area contributed by atoms with Gasteiger partial charge in [-0.2, -0.15) is 10.3 Å². The van der Waals surface area contributed by atoms with Gasteiger partial charge in [-0.05, 0) is 6.07 Å². The Bertz CT molecular complexity index is 818. The molecule has 2 atom stereocenters. The molecule has 4 rings (SSSR count). The second-order valence-electron chi connectivity index (χ2n) is 4.79. The molecule has 0 aliphatic carbocycles. The van der Waals surface area contributed by atoms with Gasteiger partial charge in [-0.15, -0.1) is 0 Å². The summed E-state index contributed by atoms with van der Waals surface area (Å²) >= 11 is 6.41. The Hall–Kier alpha value is -2.72. The first-order chi connectivity index (χ1) is 10.2. The molecule has 2 N–H and O–H groups in total. The summed E-state index contributed by atoms with van der Waals surface area (Å²) in [6.07, 6.45) is 5.10. The number of aliphatic imine (C=N–C) groups is 4. The van der Waals surface area contributed by atoms with E-state index in [9.17, 15) is 5.26 Å². The van der Waals surface area contributed by atoms with Gasteiger partial charge in [0.1, 0.15) is 11.5 Å². The molecule has 21 heavy (non-hydrogen) atoms. The van der Waals surface area contributed by atoms with Crippen LogP contribution >= 0.6 is 11.6 Å². The summed E-state index contributed by atoms with van der Waals surface area (Å²) in [5.41, 5.74) is 6.16. The van der Waals surface area contributed by atoms with Crippen LogP contribution in [0.2, 0.25) is 0 Å². The smallest absolute Gasteiger partial charge is 0.266 e. The summed E-state index contributed by atoms with van der Waals surface area (Å²) in [4.78, 5) is 18.3. The lowest BCUT2D eigenvalue weighted by atomic mass is 9.77. The van der Waals surface area contributed by atoms with Gasteiger partial charge in [0.2, 0.25) is 5.96 Å². The van der Waals surface area contributed by atoms with Crippen LogP contribution in [0.25, 0.3) is 0 Å². The number of anilines is 1. The van der Waals surface area contributed by atoms with E-state index in [1.54, 1.807) is 6.21 Å². The van der Waals surface area contributed by atoms with Crippen molar-refractivity contribution in [3.63, 3.8) is 0 Å². The van der Waals surface area contributed by atoms with Crippen LogP contribution in [0.5, 0.6) is 0 Å². The van der Waals surface area contributed by atoms with Crippen molar-refractivity contribution in [3.8, 4) is 6.19 Å². The molecule has 102 valence electrons. The molecule has 0 aromatic heterocycles. The number of hydrogen-bond acceptors (Lipinski definition) is 7. The Labute approximate surface area is 124 Å². The highest BCUT2D eigenvalue weighted by Gasteiger charge is 2.68. The van der Waals surface area contributed by atoms with E-state index in [0.29, 0.717) is 5.69 Å². The highest BCUT2D eigenvalue weighted by Crippen LogP contribution is 2.55. The van der Waals surface area contributed by atoms with Crippen molar-refractivity contribution in [2.24, 2.45) is 25.7 Å². The lowest BCUT2D eigenvalue weighted by Crippen LogP contribution is -2.61. The van der Waals surface area contributed by atoms with Crippen molar-refractivity contribution in [2.45, 2.75) is 11.2 Å². The van der Waals surface area contributed by atoms with E-state index < -0.39 is 11.2 Å². The van der Waals surface area contributed by atoms with Gasteiger partial charge in [-0.1, -0.05) is 29.8 Å². The van der Waals surface area contributed by atoms with Crippen LogP contribution in [-0.4, -0.2) is 29.5 Å². The third kappa shape index (κ3) is 1.15. The van der Waals surface area contributed by atoms with Crippen LogP contribution in [0, 0.1) is 11.5 Å². The standard InChI is InChI=1S/C13H8ClN7/c14-10-12-5-17-7-18-13(12,20-11(16)19-10)21(6-15)9-4-2-1-3-8(9)12/h1-5,7H,(H2,16,20). The Morgan fingerprint density at radius 2 is 2.14 bits per heavy atom. The second-order valence-corrected chi connectivity index (χ2v) is 5.15. The number of fused-ring (bicyclic) bond motifs is 1. The first kappa shape index (κ1) is 12.1. The molecule has 2 unspecified atom stereocenters. The molecule has 0 spiro atoms. The zero-order chi connectivity index (χ0) is 14.7. The van der Waals surface area contributed by atoms with Crippen LogP contribution in [0.1, 0.15) is 5.56 Å². The topological polar surface area (TPSA) is 102 Å². The van der Waals surface area contributed by atoms with Gasteiger partial charge in [0.15, 0.2) is 11.6 Å². The number of hydrogen-bond donors (Lipinski definition) is 1. The van der Waals surface area contributed by atoms with E-state index in [1.807, 2.05) is 24.3 Å². The molecule has 0 bridgehead atoms. The third-order valence-electron chi connectivity index (χ3n) is 3.89. The van der Waals surface area contributed by atoms with Crippen LogP contribution in [0.3, 0.4) is 0 Å². The number of guanidine groups is 1. The van der Waals surface area contributed by atoms with E-state index in [1.165, 1.54) is 11.2 Å². The Kier molecular flexibility index (Phi) is 2.11. The van der Waals surface area contributed by atoms with Crippen molar-refractivity contribution in [1.82, 2.24) is 0 Å². The van der Waals surface area contributed by atoms with Crippen LogP contribution in [0.15, 0.2) is 44.2 Å². The number of rotatable bonds is 0. The van der Waals surface area contributed by atoms with Crippen molar-refractivity contribution < 1.29 is 0 Å². The van der Waals surface area contributed by atoms with Crippen LogP contribution in [0.4, 0.5) is 5.69 Å². The van der Waals surface area contributed by atoms with Gasteiger partial charge in [-0.3, -0.25) is 0 Å². The highest BCUT2D eigenvalue weighted by molar-refractivity contribution is 6.70. The zero-order valence-corrected chi connectivity index (χ0v) is 11.4. The maximum Gasteiger partial charge on any atom is 0.266 e. The Morgan fingerprint density at radius 3 is 2.95 bits per heavy atom. The minimum atomic E-state index is -1.32. The molecular weight excluding hydrogens is 290 g/mol. The predicted molar refractivity (Wildman–Crippen MR) is 80.8 cm³/mol. The summed E-state index contributed by atoms with van der Waals surface area (Å²) in [6, 6.07) is 7.37. The molecule has 1 aromatic carbocycles. The first-order valence-electron chi connectivity index (χ1n) is 6.13. The fraction of sp³-hybridized carbons (Fsp3) is 0.154. The Morgan fingerprint density at radius 1 is 1.33 bits per heavy atom. The zero-order valence-electron chi connectivity index (χ0n) is 10.6. The molecule has 8 heteroatoms. The molecule has 0 amide bonds. The first-order valence-corrected chi connectivity index (χ1v) is 6.51. The summed E-state index contributed by atoms with van der Waals surface area (Å²) < 4.78 is 0.